The van der Waals surface area contributed by atoms with Crippen molar-refractivity contribution in [3.63, 3.8) is 0 Å². The maximum Gasteiger partial charge on any atom is 0.152 e. The third-order valence-corrected chi connectivity index (χ3v) is 3.37. The SMILES string of the molecule is CCCC(C)CC(=O)C1(N)CCCC1. The highest BCUT2D eigenvalue weighted by Gasteiger charge is 2.36. The molecule has 0 spiro atoms. The highest BCUT2D eigenvalue weighted by Crippen LogP contribution is 2.30. The van der Waals surface area contributed by atoms with Crippen molar-refractivity contribution in [1.29, 1.82) is 0 Å². The van der Waals surface area contributed by atoms with Gasteiger partial charge < -0.3 is 5.73 Å². The lowest BCUT2D eigenvalue weighted by atomic mass is 9.86. The molecule has 2 heteroatoms. The quantitative estimate of drug-likeness (QED) is 0.736. The van der Waals surface area contributed by atoms with Crippen LogP contribution in [0.3, 0.4) is 0 Å². The molecule has 1 unspecified atom stereocenters. The summed E-state index contributed by atoms with van der Waals surface area (Å²) in [5, 5.41) is 0. The molecule has 1 rings (SSSR count). The number of nitrogens with two attached hydrogens (primary N) is 1. The average Bonchev–Trinajstić information content (AvgIpc) is 2.54. The fourth-order valence-electron chi connectivity index (χ4n) is 2.40. The van der Waals surface area contributed by atoms with Crippen LogP contribution in [0.2, 0.25) is 0 Å². The summed E-state index contributed by atoms with van der Waals surface area (Å²) in [5.74, 6) is 0.810. The maximum absolute atomic E-state index is 11.9. The minimum atomic E-state index is -0.456. The first-order valence-corrected chi connectivity index (χ1v) is 5.90. The summed E-state index contributed by atoms with van der Waals surface area (Å²) in [6.07, 6.45) is 7.06. The monoisotopic (exact) mass is 197 g/mol. The summed E-state index contributed by atoms with van der Waals surface area (Å²) in [5.41, 5.74) is 5.64. The molecule has 1 atom stereocenters. The Balaban J connectivity index is 2.40. The van der Waals surface area contributed by atoms with Crippen LogP contribution in [0, 0.1) is 5.92 Å². The van der Waals surface area contributed by atoms with E-state index in [-0.39, 0.29) is 0 Å². The standard InChI is InChI=1S/C12H23NO/c1-3-6-10(2)9-11(14)12(13)7-4-5-8-12/h10H,3-9,13H2,1-2H3. The molecule has 0 bridgehead atoms. The Morgan fingerprint density at radius 3 is 2.50 bits per heavy atom. The Bertz CT molecular complexity index is 194. The molecule has 0 heterocycles. The molecular formula is C12H23NO. The van der Waals surface area contributed by atoms with Crippen molar-refractivity contribution in [1.82, 2.24) is 0 Å². The smallest absolute Gasteiger partial charge is 0.152 e. The molecule has 1 saturated carbocycles. The summed E-state index contributed by atoms with van der Waals surface area (Å²) >= 11 is 0. The van der Waals surface area contributed by atoms with Crippen molar-refractivity contribution < 1.29 is 4.79 Å². The van der Waals surface area contributed by atoms with Gasteiger partial charge in [0.15, 0.2) is 5.78 Å². The van der Waals surface area contributed by atoms with Crippen molar-refractivity contribution in [2.24, 2.45) is 11.7 Å². The minimum absolute atomic E-state index is 0.302. The van der Waals surface area contributed by atoms with Gasteiger partial charge in [0.2, 0.25) is 0 Å². The van der Waals surface area contributed by atoms with E-state index in [1.807, 2.05) is 0 Å². The van der Waals surface area contributed by atoms with Crippen molar-refractivity contribution in [2.45, 2.75) is 64.3 Å². The van der Waals surface area contributed by atoms with Gasteiger partial charge in [-0.1, -0.05) is 39.5 Å². The Morgan fingerprint density at radius 1 is 1.43 bits per heavy atom. The molecule has 0 aliphatic heterocycles. The van der Waals surface area contributed by atoms with Gasteiger partial charge in [0, 0.05) is 6.42 Å². The number of hydrogen-bond acceptors (Lipinski definition) is 2. The summed E-state index contributed by atoms with van der Waals surface area (Å²) in [4.78, 5) is 11.9. The van der Waals surface area contributed by atoms with Gasteiger partial charge in [-0.25, -0.2) is 0 Å². The molecule has 14 heavy (non-hydrogen) atoms. The second-order valence-corrected chi connectivity index (χ2v) is 4.88. The predicted octanol–water partition coefficient (Wildman–Crippen LogP) is 2.65. The van der Waals surface area contributed by atoms with Gasteiger partial charge in [0.05, 0.1) is 5.54 Å². The van der Waals surface area contributed by atoms with Crippen molar-refractivity contribution in [2.75, 3.05) is 0 Å². The third-order valence-electron chi connectivity index (χ3n) is 3.37. The van der Waals surface area contributed by atoms with E-state index in [0.717, 1.165) is 38.5 Å². The van der Waals surface area contributed by atoms with Gasteiger partial charge in [0.1, 0.15) is 0 Å². The lowest BCUT2D eigenvalue weighted by Crippen LogP contribution is -2.45. The predicted molar refractivity (Wildman–Crippen MR) is 59.1 cm³/mol. The van der Waals surface area contributed by atoms with Crippen LogP contribution in [-0.4, -0.2) is 11.3 Å². The highest BCUT2D eigenvalue weighted by atomic mass is 16.1. The number of carbonyl (C=O) groups excluding carboxylic acids is 1. The number of Topliss-reactive ketones (excluding diaryl/α,β-unsaturated/α-hetero) is 1. The number of carbonyl (C=O) groups is 1. The topological polar surface area (TPSA) is 43.1 Å². The summed E-state index contributed by atoms with van der Waals surface area (Å²) in [6, 6.07) is 0. The lowest BCUT2D eigenvalue weighted by Gasteiger charge is -2.23. The van der Waals surface area contributed by atoms with Crippen LogP contribution in [0.4, 0.5) is 0 Å². The van der Waals surface area contributed by atoms with Crippen LogP contribution in [0.5, 0.6) is 0 Å². The van der Waals surface area contributed by atoms with Crippen LogP contribution >= 0.6 is 0 Å². The molecule has 0 saturated heterocycles. The molecular weight excluding hydrogens is 174 g/mol. The largest absolute Gasteiger partial charge is 0.319 e. The van der Waals surface area contributed by atoms with E-state index in [4.69, 9.17) is 5.73 Å². The Hall–Kier alpha value is -0.370. The first-order valence-electron chi connectivity index (χ1n) is 5.90. The van der Waals surface area contributed by atoms with Crippen LogP contribution in [0.25, 0.3) is 0 Å². The average molecular weight is 197 g/mol. The fourth-order valence-corrected chi connectivity index (χ4v) is 2.40. The van der Waals surface area contributed by atoms with Gasteiger partial charge in [-0.3, -0.25) is 4.79 Å². The van der Waals surface area contributed by atoms with E-state index in [0.29, 0.717) is 18.1 Å². The molecule has 2 nitrogen and oxygen atoms in total. The zero-order chi connectivity index (χ0) is 10.6. The Kier molecular flexibility index (Phi) is 4.11. The molecule has 82 valence electrons. The maximum atomic E-state index is 11.9. The van der Waals surface area contributed by atoms with Crippen LogP contribution in [0.15, 0.2) is 0 Å². The van der Waals surface area contributed by atoms with Crippen LogP contribution < -0.4 is 5.73 Å². The molecule has 0 aromatic heterocycles. The van der Waals surface area contributed by atoms with Crippen LogP contribution in [-0.2, 0) is 4.79 Å². The van der Waals surface area contributed by atoms with E-state index >= 15 is 0 Å². The molecule has 1 fully saturated rings. The second kappa shape index (κ2) is 4.92. The van der Waals surface area contributed by atoms with E-state index in [1.165, 1.54) is 0 Å². The number of ketones is 1. The molecule has 1 aliphatic rings. The van der Waals surface area contributed by atoms with Crippen molar-refractivity contribution >= 4 is 5.78 Å². The third kappa shape index (κ3) is 2.81. The fraction of sp³-hybridized carbons (Fsp3) is 0.917. The van der Waals surface area contributed by atoms with E-state index in [1.54, 1.807) is 0 Å². The molecule has 0 amide bonds. The minimum Gasteiger partial charge on any atom is -0.319 e. The normalized spacial score (nSPS) is 22.2. The zero-order valence-corrected chi connectivity index (χ0v) is 9.51. The molecule has 0 radical (unpaired) electrons. The van der Waals surface area contributed by atoms with Gasteiger partial charge in [-0.05, 0) is 18.8 Å². The molecule has 2 N–H and O–H groups in total. The Morgan fingerprint density at radius 2 is 2.00 bits per heavy atom. The number of rotatable bonds is 5. The van der Waals surface area contributed by atoms with E-state index in [2.05, 4.69) is 13.8 Å². The van der Waals surface area contributed by atoms with E-state index in [9.17, 15) is 4.79 Å². The summed E-state index contributed by atoms with van der Waals surface area (Å²) in [7, 11) is 0. The lowest BCUT2D eigenvalue weighted by molar-refractivity contribution is -0.124. The summed E-state index contributed by atoms with van der Waals surface area (Å²) < 4.78 is 0. The first kappa shape index (κ1) is 11.7. The molecule has 0 aromatic rings. The van der Waals surface area contributed by atoms with Crippen LogP contribution in [0.1, 0.15) is 58.8 Å². The van der Waals surface area contributed by atoms with Gasteiger partial charge >= 0.3 is 0 Å². The zero-order valence-electron chi connectivity index (χ0n) is 9.51. The number of hydrogen-bond donors (Lipinski definition) is 1. The van der Waals surface area contributed by atoms with Crippen molar-refractivity contribution in [3.05, 3.63) is 0 Å². The molecule has 1 aliphatic carbocycles. The van der Waals surface area contributed by atoms with Gasteiger partial charge in [-0.2, -0.15) is 0 Å². The second-order valence-electron chi connectivity index (χ2n) is 4.88. The molecule has 0 aromatic carbocycles. The highest BCUT2D eigenvalue weighted by molar-refractivity contribution is 5.88. The van der Waals surface area contributed by atoms with Crippen molar-refractivity contribution in [3.8, 4) is 0 Å². The Labute approximate surface area is 87.2 Å². The van der Waals surface area contributed by atoms with E-state index < -0.39 is 5.54 Å². The first-order chi connectivity index (χ1) is 6.58. The van der Waals surface area contributed by atoms with Gasteiger partial charge in [-0.15, -0.1) is 0 Å². The summed E-state index contributed by atoms with van der Waals surface area (Å²) in [6.45, 7) is 4.31. The van der Waals surface area contributed by atoms with Gasteiger partial charge in [0.25, 0.3) is 0 Å².